The Bertz CT molecular complexity index is 2390. The van der Waals surface area contributed by atoms with E-state index in [2.05, 4.69) is 10.3 Å². The number of nitrogens with zero attached hydrogens (tertiary/aromatic N) is 2. The molecule has 12 nitrogen and oxygen atoms in total. The maximum atomic E-state index is 14.1. The van der Waals surface area contributed by atoms with Crippen LogP contribution in [0.25, 0.3) is 10.8 Å². The molecule has 53 heavy (non-hydrogen) atoms. The molecule has 4 unspecified atom stereocenters. The van der Waals surface area contributed by atoms with Gasteiger partial charge in [0.25, 0.3) is 11.6 Å². The number of thioether (sulfide) groups is 1. The van der Waals surface area contributed by atoms with Gasteiger partial charge in [0.05, 0.1) is 34.1 Å². The van der Waals surface area contributed by atoms with Gasteiger partial charge in [-0.3, -0.25) is 34.2 Å². The van der Waals surface area contributed by atoms with Crippen molar-refractivity contribution >= 4 is 68.7 Å². The van der Waals surface area contributed by atoms with Gasteiger partial charge in [0.15, 0.2) is 18.1 Å². The van der Waals surface area contributed by atoms with E-state index < -0.39 is 16.8 Å². The molecule has 4 aromatic carbocycles. The second kappa shape index (κ2) is 12.9. The Morgan fingerprint density at radius 3 is 2.47 bits per heavy atom. The Morgan fingerprint density at radius 2 is 1.70 bits per heavy atom. The monoisotopic (exact) mass is 748 g/mol. The van der Waals surface area contributed by atoms with E-state index in [0.717, 1.165) is 37.6 Å². The number of nitrogens with one attached hydrogen (secondary N) is 2. The predicted octanol–water partition coefficient (Wildman–Crippen LogP) is 6.59. The smallest absolute Gasteiger partial charge is 0.305 e. The number of H-pyrrole nitrogens is 1. The van der Waals surface area contributed by atoms with Gasteiger partial charge in [0.2, 0.25) is 11.8 Å². The standard InChI is InChI=1S/C39H32N4O8S2/c1-2-50-28-16-20(10-15-27(28)51-18-29(44)40-26-9-5-7-19-6-3-4-8-23(19)26)30-31-24-17-25(34(31)52-36-35(30)53-39(47)41-36)33-32(24)37(45)42(38(33)46)21-11-13-22(14-12-21)43(48)49/h3-16,24-25,30-34H,2,17-18H2,1H3,(H,40,44)(H,41,47)/t24-,25-,30-,31?,32?,33?,34?/m1/s1. The number of carbonyl (C=O) groups excluding carboxylic acids is 3. The van der Waals surface area contributed by atoms with Crippen LogP contribution in [0, 0.1) is 39.7 Å². The van der Waals surface area contributed by atoms with Crippen LogP contribution in [0.5, 0.6) is 11.5 Å². The molecule has 1 saturated heterocycles. The molecule has 2 saturated carbocycles. The summed E-state index contributed by atoms with van der Waals surface area (Å²) in [6.07, 6.45) is 0.713. The number of aromatic amines is 1. The third-order valence-corrected chi connectivity index (χ3v) is 13.7. The third-order valence-electron chi connectivity index (χ3n) is 11.1. The number of amides is 3. The molecule has 4 aliphatic rings. The zero-order chi connectivity index (χ0) is 36.5. The number of non-ortho nitro benzene ring substituents is 1. The Kier molecular flexibility index (Phi) is 8.11. The Labute approximate surface area is 310 Å². The summed E-state index contributed by atoms with van der Waals surface area (Å²) in [6, 6.07) is 24.7. The molecule has 268 valence electrons. The molecule has 9 rings (SSSR count). The molecule has 0 spiro atoms. The third kappa shape index (κ3) is 5.42. The van der Waals surface area contributed by atoms with Crippen molar-refractivity contribution in [3.63, 3.8) is 0 Å². The molecule has 2 aliphatic carbocycles. The molecular formula is C39H32N4O8S2. The number of aromatic nitrogens is 1. The van der Waals surface area contributed by atoms with E-state index in [0.29, 0.717) is 35.9 Å². The first-order valence-corrected chi connectivity index (χ1v) is 19.1. The van der Waals surface area contributed by atoms with E-state index in [9.17, 15) is 29.3 Å². The molecule has 3 fully saturated rings. The highest BCUT2D eigenvalue weighted by molar-refractivity contribution is 8.00. The normalized spacial score (nSPS) is 25.2. The van der Waals surface area contributed by atoms with Gasteiger partial charge in [-0.2, -0.15) is 0 Å². The summed E-state index contributed by atoms with van der Waals surface area (Å²) in [6.45, 7) is 1.97. The number of anilines is 2. The number of nitro groups is 1. The Hall–Kier alpha value is -5.47. The van der Waals surface area contributed by atoms with Gasteiger partial charge in [-0.05, 0) is 72.4 Å². The van der Waals surface area contributed by atoms with Gasteiger partial charge in [0.1, 0.15) is 0 Å². The molecule has 2 bridgehead atoms. The fourth-order valence-corrected chi connectivity index (χ4v) is 12.0. The highest BCUT2D eigenvalue weighted by atomic mass is 32.2. The van der Waals surface area contributed by atoms with Crippen molar-refractivity contribution in [2.45, 2.75) is 29.5 Å². The summed E-state index contributed by atoms with van der Waals surface area (Å²) >= 11 is 2.75. The van der Waals surface area contributed by atoms with Crippen LogP contribution in [0.1, 0.15) is 29.7 Å². The van der Waals surface area contributed by atoms with Crippen LogP contribution in [-0.4, -0.2) is 46.1 Å². The summed E-state index contributed by atoms with van der Waals surface area (Å²) in [5.41, 5.74) is 1.79. The zero-order valence-electron chi connectivity index (χ0n) is 28.2. The van der Waals surface area contributed by atoms with Gasteiger partial charge in [0, 0.05) is 39.3 Å². The molecule has 0 radical (unpaired) electrons. The van der Waals surface area contributed by atoms with Crippen LogP contribution in [-0.2, 0) is 14.4 Å². The first-order chi connectivity index (χ1) is 25.7. The van der Waals surface area contributed by atoms with Crippen LogP contribution >= 0.6 is 23.1 Å². The van der Waals surface area contributed by atoms with Crippen molar-refractivity contribution in [3.8, 4) is 11.5 Å². The summed E-state index contributed by atoms with van der Waals surface area (Å²) in [4.78, 5) is 69.6. The van der Waals surface area contributed by atoms with Crippen molar-refractivity contribution in [2.24, 2.45) is 29.6 Å². The average Bonchev–Trinajstić information content (AvgIpc) is 3.90. The lowest BCUT2D eigenvalue weighted by Gasteiger charge is -2.43. The molecule has 5 aromatic rings. The van der Waals surface area contributed by atoms with E-state index in [1.807, 2.05) is 61.5 Å². The summed E-state index contributed by atoms with van der Waals surface area (Å²) in [5, 5.41) is 16.9. The number of hydrogen-bond acceptors (Lipinski definition) is 10. The Morgan fingerprint density at radius 1 is 0.943 bits per heavy atom. The van der Waals surface area contributed by atoms with Crippen molar-refractivity contribution in [2.75, 3.05) is 23.4 Å². The van der Waals surface area contributed by atoms with Crippen molar-refractivity contribution in [1.29, 1.82) is 0 Å². The summed E-state index contributed by atoms with van der Waals surface area (Å²) < 4.78 is 12.1. The van der Waals surface area contributed by atoms with Crippen LogP contribution in [0.3, 0.4) is 0 Å². The minimum Gasteiger partial charge on any atom is -0.490 e. The topological polar surface area (TPSA) is 161 Å². The van der Waals surface area contributed by atoms with E-state index >= 15 is 0 Å². The Balaban J connectivity index is 1.00. The van der Waals surface area contributed by atoms with Crippen molar-refractivity contribution < 1.29 is 28.8 Å². The van der Waals surface area contributed by atoms with Crippen LogP contribution in [0.2, 0.25) is 0 Å². The minimum absolute atomic E-state index is 0.0261. The lowest BCUT2D eigenvalue weighted by atomic mass is 9.68. The van der Waals surface area contributed by atoms with E-state index in [-0.39, 0.29) is 63.8 Å². The van der Waals surface area contributed by atoms with Crippen LogP contribution < -0.4 is 24.6 Å². The van der Waals surface area contributed by atoms with E-state index in [4.69, 9.17) is 9.47 Å². The number of fused-ring (bicyclic) bond motifs is 10. The average molecular weight is 749 g/mol. The summed E-state index contributed by atoms with van der Waals surface area (Å²) in [5.74, 6) is -1.57. The van der Waals surface area contributed by atoms with E-state index in [1.54, 1.807) is 17.8 Å². The number of rotatable bonds is 9. The van der Waals surface area contributed by atoms with Gasteiger partial charge in [-0.1, -0.05) is 53.8 Å². The highest BCUT2D eigenvalue weighted by Crippen LogP contribution is 2.69. The molecule has 2 N–H and O–H groups in total. The minimum atomic E-state index is -0.529. The van der Waals surface area contributed by atoms with Gasteiger partial charge in [-0.15, -0.1) is 11.8 Å². The molecule has 3 heterocycles. The highest BCUT2D eigenvalue weighted by Gasteiger charge is 2.69. The second-order valence-corrected chi connectivity index (χ2v) is 16.0. The van der Waals surface area contributed by atoms with Gasteiger partial charge in [-0.25, -0.2) is 0 Å². The maximum Gasteiger partial charge on any atom is 0.305 e. The molecule has 7 atom stereocenters. The summed E-state index contributed by atoms with van der Waals surface area (Å²) in [7, 11) is 0. The first-order valence-electron chi connectivity index (χ1n) is 17.4. The maximum absolute atomic E-state index is 14.1. The van der Waals surface area contributed by atoms with Gasteiger partial charge >= 0.3 is 4.87 Å². The number of thiazole rings is 1. The van der Waals surface area contributed by atoms with Gasteiger partial charge < -0.3 is 19.8 Å². The SMILES string of the molecule is CCOc1cc([C@H]2c3sc(=O)[nH]c3SC3C2[C@H]2C[C@@H]3C3C(=O)N(c4ccc([N+](=O)[O-])cc4)C(=O)C32)ccc1OCC(=O)Nc1cccc2ccccc12. The number of nitro benzene ring substituents is 1. The van der Waals surface area contributed by atoms with E-state index in [1.165, 1.54) is 29.2 Å². The fourth-order valence-electron chi connectivity index (χ4n) is 9.14. The zero-order valence-corrected chi connectivity index (χ0v) is 29.9. The molecule has 1 aromatic heterocycles. The number of carbonyl (C=O) groups is 3. The fraction of sp³-hybridized carbons (Fsp3) is 0.282. The predicted molar refractivity (Wildman–Crippen MR) is 200 cm³/mol. The van der Waals surface area contributed by atoms with Crippen LogP contribution in [0.15, 0.2) is 94.7 Å². The second-order valence-electron chi connectivity index (χ2n) is 13.7. The number of hydrogen-bond donors (Lipinski definition) is 2. The largest absolute Gasteiger partial charge is 0.490 e. The molecule has 3 amide bonds. The lowest BCUT2D eigenvalue weighted by molar-refractivity contribution is -0.384. The molecule has 2 aliphatic heterocycles. The molecular weight excluding hydrogens is 717 g/mol. The molecule has 14 heteroatoms. The number of benzene rings is 4. The number of imide groups is 1. The van der Waals surface area contributed by atoms with Crippen molar-refractivity contribution in [1.82, 2.24) is 4.98 Å². The van der Waals surface area contributed by atoms with Crippen molar-refractivity contribution in [3.05, 3.63) is 115 Å². The quantitative estimate of drug-likeness (QED) is 0.0963. The van der Waals surface area contributed by atoms with Crippen LogP contribution in [0.4, 0.5) is 17.1 Å². The number of ether oxygens (including phenoxy) is 2. The lowest BCUT2D eigenvalue weighted by Crippen LogP contribution is -2.42. The first kappa shape index (κ1) is 33.4.